The molecule has 4 rings (SSSR count). The molecular weight excluding hydrogens is 452 g/mol. The summed E-state index contributed by atoms with van der Waals surface area (Å²) in [6.07, 6.45) is 0. The zero-order valence-corrected chi connectivity index (χ0v) is 18.7. The van der Waals surface area contributed by atoms with Crippen molar-refractivity contribution in [1.29, 1.82) is 0 Å². The van der Waals surface area contributed by atoms with Gasteiger partial charge in [-0.3, -0.25) is 4.79 Å². The lowest BCUT2D eigenvalue weighted by atomic mass is 10.1. The maximum Gasteiger partial charge on any atom is 0.251 e. The Balaban J connectivity index is 1.44. The summed E-state index contributed by atoms with van der Waals surface area (Å²) in [6, 6.07) is 18.0. The molecule has 0 aliphatic carbocycles. The maximum atomic E-state index is 12.8. The van der Waals surface area contributed by atoms with Gasteiger partial charge >= 0.3 is 0 Å². The molecule has 1 heterocycles. The van der Waals surface area contributed by atoms with Gasteiger partial charge in [0.05, 0.1) is 10.9 Å². The second-order valence-corrected chi connectivity index (χ2v) is 9.49. The largest absolute Gasteiger partial charge is 0.454 e. The first-order chi connectivity index (χ1) is 15.3. The summed E-state index contributed by atoms with van der Waals surface area (Å²) in [6.45, 7) is 2.05. The van der Waals surface area contributed by atoms with E-state index in [0.717, 1.165) is 11.1 Å². The molecule has 0 fully saturated rings. The quantitative estimate of drug-likeness (QED) is 0.541. The van der Waals surface area contributed by atoms with Crippen LogP contribution < -0.4 is 19.5 Å². The first kappa shape index (κ1) is 22.1. The average molecular weight is 473 g/mol. The first-order valence-corrected chi connectivity index (χ1v) is 11.7. The SMILES string of the molecule is CC(NC(=O)c1cccc(S(=O)(=O)NCc2ccc3c(c2)OCO3)c1)c1cccc(Cl)c1. The standard InChI is InChI=1S/C23H21ClN2O5S/c1-15(17-4-2-6-19(24)11-17)26-23(27)18-5-3-7-20(12-18)32(28,29)25-13-16-8-9-21-22(10-16)31-14-30-21/h2-12,15,25H,13-14H2,1H3,(H,26,27). The Morgan fingerprint density at radius 2 is 1.81 bits per heavy atom. The summed E-state index contributed by atoms with van der Waals surface area (Å²) in [5.41, 5.74) is 1.81. The van der Waals surface area contributed by atoms with Crippen molar-refractivity contribution in [3.8, 4) is 11.5 Å². The molecule has 3 aromatic rings. The predicted molar refractivity (Wildman–Crippen MR) is 120 cm³/mol. The van der Waals surface area contributed by atoms with Crippen LogP contribution in [0, 0.1) is 0 Å². The average Bonchev–Trinajstić information content (AvgIpc) is 3.26. The van der Waals surface area contributed by atoms with Gasteiger partial charge in [0, 0.05) is 17.1 Å². The highest BCUT2D eigenvalue weighted by Gasteiger charge is 2.19. The van der Waals surface area contributed by atoms with Crippen LogP contribution in [0.15, 0.2) is 71.6 Å². The smallest absolute Gasteiger partial charge is 0.251 e. The van der Waals surface area contributed by atoms with Gasteiger partial charge in [0.15, 0.2) is 11.5 Å². The van der Waals surface area contributed by atoms with E-state index in [0.29, 0.717) is 16.5 Å². The summed E-state index contributed by atoms with van der Waals surface area (Å²) in [7, 11) is -3.83. The van der Waals surface area contributed by atoms with Crippen LogP contribution in [-0.4, -0.2) is 21.1 Å². The number of benzene rings is 3. The number of rotatable bonds is 7. The number of hydrogen-bond acceptors (Lipinski definition) is 5. The fraction of sp³-hybridized carbons (Fsp3) is 0.174. The second kappa shape index (κ2) is 9.20. The molecule has 0 saturated carbocycles. The van der Waals surface area contributed by atoms with Crippen LogP contribution in [0.4, 0.5) is 0 Å². The van der Waals surface area contributed by atoms with Crippen LogP contribution in [0.5, 0.6) is 11.5 Å². The van der Waals surface area contributed by atoms with Crippen molar-refractivity contribution in [3.63, 3.8) is 0 Å². The molecule has 0 bridgehead atoms. The zero-order chi connectivity index (χ0) is 22.7. The van der Waals surface area contributed by atoms with E-state index in [1.165, 1.54) is 18.2 Å². The lowest BCUT2D eigenvalue weighted by molar-refractivity contribution is 0.0939. The Morgan fingerprint density at radius 1 is 1.03 bits per heavy atom. The number of hydrogen-bond donors (Lipinski definition) is 2. The molecule has 166 valence electrons. The van der Waals surface area contributed by atoms with E-state index in [9.17, 15) is 13.2 Å². The third kappa shape index (κ3) is 5.04. The van der Waals surface area contributed by atoms with Crippen LogP contribution in [0.25, 0.3) is 0 Å². The van der Waals surface area contributed by atoms with Crippen LogP contribution >= 0.6 is 11.6 Å². The number of amides is 1. The summed E-state index contributed by atoms with van der Waals surface area (Å²) in [5, 5.41) is 3.44. The van der Waals surface area contributed by atoms with Gasteiger partial charge in [-0.05, 0) is 60.5 Å². The zero-order valence-electron chi connectivity index (χ0n) is 17.2. The minimum absolute atomic E-state index is 0.00121. The van der Waals surface area contributed by atoms with Crippen molar-refractivity contribution < 1.29 is 22.7 Å². The molecule has 9 heteroatoms. The number of carbonyl (C=O) groups is 1. The number of halogens is 1. The summed E-state index contributed by atoms with van der Waals surface area (Å²) < 4.78 is 38.7. The molecule has 1 unspecified atom stereocenters. The lowest BCUT2D eigenvalue weighted by Gasteiger charge is -2.15. The van der Waals surface area contributed by atoms with Crippen LogP contribution in [0.2, 0.25) is 5.02 Å². The van der Waals surface area contributed by atoms with E-state index in [2.05, 4.69) is 10.0 Å². The molecule has 0 saturated heterocycles. The molecule has 0 aromatic heterocycles. The molecule has 2 N–H and O–H groups in total. The minimum atomic E-state index is -3.83. The normalized spacial score (nSPS) is 13.6. The van der Waals surface area contributed by atoms with E-state index in [-0.39, 0.29) is 35.7 Å². The summed E-state index contributed by atoms with van der Waals surface area (Å²) >= 11 is 6.02. The molecule has 1 amide bonds. The highest BCUT2D eigenvalue weighted by atomic mass is 35.5. The van der Waals surface area contributed by atoms with Crippen LogP contribution in [0.3, 0.4) is 0 Å². The van der Waals surface area contributed by atoms with Crippen molar-refractivity contribution in [2.45, 2.75) is 24.4 Å². The van der Waals surface area contributed by atoms with Crippen molar-refractivity contribution in [1.82, 2.24) is 10.0 Å². The Bertz CT molecular complexity index is 1260. The third-order valence-electron chi connectivity index (χ3n) is 5.01. The summed E-state index contributed by atoms with van der Waals surface area (Å²) in [4.78, 5) is 12.7. The van der Waals surface area contributed by atoms with Gasteiger partial charge < -0.3 is 14.8 Å². The molecule has 1 aliphatic rings. The van der Waals surface area contributed by atoms with Crippen LogP contribution in [-0.2, 0) is 16.6 Å². The fourth-order valence-electron chi connectivity index (χ4n) is 3.26. The number of ether oxygens (including phenoxy) is 2. The molecule has 1 atom stereocenters. The first-order valence-electron chi connectivity index (χ1n) is 9.86. The molecule has 1 aliphatic heterocycles. The fourth-order valence-corrected chi connectivity index (χ4v) is 4.52. The van der Waals surface area contributed by atoms with Crippen molar-refractivity contribution >= 4 is 27.5 Å². The number of sulfonamides is 1. The number of carbonyl (C=O) groups excluding carboxylic acids is 1. The van der Waals surface area contributed by atoms with Crippen molar-refractivity contribution in [2.75, 3.05) is 6.79 Å². The molecule has 0 radical (unpaired) electrons. The number of fused-ring (bicyclic) bond motifs is 1. The van der Waals surface area contributed by atoms with E-state index in [4.69, 9.17) is 21.1 Å². The Morgan fingerprint density at radius 3 is 2.62 bits per heavy atom. The van der Waals surface area contributed by atoms with E-state index in [1.54, 1.807) is 42.5 Å². The highest BCUT2D eigenvalue weighted by Crippen LogP contribution is 2.32. The minimum Gasteiger partial charge on any atom is -0.454 e. The Kier molecular flexibility index (Phi) is 6.36. The van der Waals surface area contributed by atoms with Crippen molar-refractivity contribution in [2.24, 2.45) is 0 Å². The van der Waals surface area contributed by atoms with Crippen molar-refractivity contribution in [3.05, 3.63) is 88.4 Å². The summed E-state index contributed by atoms with van der Waals surface area (Å²) in [5.74, 6) is 0.821. The van der Waals surface area contributed by atoms with Gasteiger partial charge in [0.2, 0.25) is 16.8 Å². The second-order valence-electron chi connectivity index (χ2n) is 7.29. The van der Waals surface area contributed by atoms with Gasteiger partial charge in [-0.1, -0.05) is 35.9 Å². The van der Waals surface area contributed by atoms with E-state index in [1.807, 2.05) is 13.0 Å². The lowest BCUT2D eigenvalue weighted by Crippen LogP contribution is -2.27. The van der Waals surface area contributed by atoms with Crippen LogP contribution in [0.1, 0.15) is 34.5 Å². The van der Waals surface area contributed by atoms with Gasteiger partial charge in [0.25, 0.3) is 5.91 Å². The third-order valence-corrected chi connectivity index (χ3v) is 6.64. The van der Waals surface area contributed by atoms with Gasteiger partial charge in [-0.25, -0.2) is 13.1 Å². The van der Waals surface area contributed by atoms with E-state index < -0.39 is 10.0 Å². The van der Waals surface area contributed by atoms with Gasteiger partial charge in [-0.2, -0.15) is 0 Å². The molecule has 32 heavy (non-hydrogen) atoms. The molecule has 0 spiro atoms. The topological polar surface area (TPSA) is 93.7 Å². The molecular formula is C23H21ClN2O5S. The predicted octanol–water partition coefficient (Wildman–Crippen LogP) is 4.04. The molecule has 7 nitrogen and oxygen atoms in total. The van der Waals surface area contributed by atoms with E-state index >= 15 is 0 Å². The van der Waals surface area contributed by atoms with Gasteiger partial charge in [-0.15, -0.1) is 0 Å². The number of nitrogens with one attached hydrogen (secondary N) is 2. The Labute approximate surface area is 191 Å². The van der Waals surface area contributed by atoms with Gasteiger partial charge in [0.1, 0.15) is 0 Å². The molecule has 3 aromatic carbocycles. The monoisotopic (exact) mass is 472 g/mol. The Hall–Kier alpha value is -3.07. The highest BCUT2D eigenvalue weighted by molar-refractivity contribution is 7.89. The maximum absolute atomic E-state index is 12.8.